The molecule has 6 heteroatoms. The lowest BCUT2D eigenvalue weighted by atomic mass is 9.74. The van der Waals surface area contributed by atoms with Gasteiger partial charge in [-0.3, -0.25) is 0 Å². The molecule has 1 fully saturated rings. The Bertz CT molecular complexity index is 339. The van der Waals surface area contributed by atoms with E-state index in [4.69, 9.17) is 4.74 Å². The van der Waals surface area contributed by atoms with Crippen LogP contribution in [0.1, 0.15) is 33.6 Å². The topological polar surface area (TPSA) is 85.5 Å². The van der Waals surface area contributed by atoms with Gasteiger partial charge in [0.2, 0.25) is 0 Å². The molecule has 0 aromatic carbocycles. The average molecular weight is 288 g/mol. The molecule has 0 aromatic heterocycles. The van der Waals surface area contributed by atoms with Crippen LogP contribution in [0.25, 0.3) is 0 Å². The molecule has 1 rings (SSSR count). The molecule has 0 amide bonds. The van der Waals surface area contributed by atoms with Crippen molar-refractivity contribution in [2.24, 2.45) is 10.9 Å². The number of aliphatic hydroxyl groups excluding tert-OH is 2. The zero-order valence-electron chi connectivity index (χ0n) is 13.1. The van der Waals surface area contributed by atoms with Crippen LogP contribution in [-0.2, 0) is 4.74 Å². The standard InChI is InChI=1S/C14H28N2O4/c1-6-20-13(16(4)5)15-10-8-7-9(14(2,3)19)11(17)12(10)18/h9-12,17-19H,6-8H2,1-5H3/t9-,10-,11+,12+/m0/s1. The first kappa shape index (κ1) is 17.2. The lowest BCUT2D eigenvalue weighted by Gasteiger charge is -2.41. The highest BCUT2D eigenvalue weighted by atomic mass is 16.5. The van der Waals surface area contributed by atoms with E-state index < -0.39 is 23.9 Å². The minimum absolute atomic E-state index is 0.348. The van der Waals surface area contributed by atoms with Crippen LogP contribution < -0.4 is 0 Å². The van der Waals surface area contributed by atoms with Gasteiger partial charge < -0.3 is 25.0 Å². The van der Waals surface area contributed by atoms with Gasteiger partial charge in [-0.15, -0.1) is 0 Å². The van der Waals surface area contributed by atoms with E-state index in [1.165, 1.54) is 0 Å². The van der Waals surface area contributed by atoms with Crippen molar-refractivity contribution in [2.45, 2.75) is 57.5 Å². The highest BCUT2D eigenvalue weighted by Crippen LogP contribution is 2.34. The summed E-state index contributed by atoms with van der Waals surface area (Å²) in [4.78, 5) is 6.14. The SMILES string of the molecule is CCOC(=N[C@H]1CC[C@H](C(C)(C)O)[C@@H](O)[C@@H]1O)N(C)C. The lowest BCUT2D eigenvalue weighted by Crippen LogP contribution is -2.53. The molecular formula is C14H28N2O4. The first-order valence-corrected chi connectivity index (χ1v) is 7.14. The van der Waals surface area contributed by atoms with Gasteiger partial charge in [-0.25, -0.2) is 4.99 Å². The van der Waals surface area contributed by atoms with E-state index in [0.29, 0.717) is 25.5 Å². The maximum absolute atomic E-state index is 10.2. The van der Waals surface area contributed by atoms with Crippen molar-refractivity contribution in [1.82, 2.24) is 4.90 Å². The van der Waals surface area contributed by atoms with Crippen LogP contribution in [-0.4, -0.2) is 70.8 Å². The Morgan fingerprint density at radius 3 is 2.30 bits per heavy atom. The lowest BCUT2D eigenvalue weighted by molar-refractivity contribution is -0.119. The summed E-state index contributed by atoms with van der Waals surface area (Å²) in [6, 6.07) is 0.0398. The number of amidine groups is 1. The molecule has 1 aliphatic rings. The van der Waals surface area contributed by atoms with Gasteiger partial charge in [0, 0.05) is 20.0 Å². The summed E-state index contributed by atoms with van der Waals surface area (Å²) in [6.07, 6.45) is -0.752. The fourth-order valence-electron chi connectivity index (χ4n) is 2.62. The van der Waals surface area contributed by atoms with Gasteiger partial charge in [-0.05, 0) is 33.6 Å². The van der Waals surface area contributed by atoms with Crippen LogP contribution in [0.4, 0.5) is 0 Å². The van der Waals surface area contributed by atoms with Crippen molar-refractivity contribution in [3.8, 4) is 0 Å². The number of ether oxygens (including phenoxy) is 1. The second-order valence-electron chi connectivity index (χ2n) is 6.13. The predicted molar refractivity (Wildman–Crippen MR) is 77.6 cm³/mol. The number of aliphatic hydroxyl groups is 3. The van der Waals surface area contributed by atoms with Gasteiger partial charge in [0.1, 0.15) is 6.10 Å². The van der Waals surface area contributed by atoms with E-state index in [1.807, 2.05) is 21.0 Å². The molecule has 0 heterocycles. The van der Waals surface area contributed by atoms with Crippen LogP contribution in [0.3, 0.4) is 0 Å². The third-order valence-electron chi connectivity index (χ3n) is 3.77. The van der Waals surface area contributed by atoms with Gasteiger partial charge in [0.05, 0.1) is 24.4 Å². The summed E-state index contributed by atoms with van der Waals surface area (Å²) in [5, 5.41) is 30.5. The molecular weight excluding hydrogens is 260 g/mol. The zero-order valence-corrected chi connectivity index (χ0v) is 13.1. The smallest absolute Gasteiger partial charge is 0.287 e. The van der Waals surface area contributed by atoms with Crippen molar-refractivity contribution in [3.05, 3.63) is 0 Å². The quantitative estimate of drug-likeness (QED) is 0.511. The summed E-state index contributed by atoms with van der Waals surface area (Å²) in [5.41, 5.74) is -1.01. The van der Waals surface area contributed by atoms with Crippen molar-refractivity contribution in [2.75, 3.05) is 20.7 Å². The molecule has 0 bridgehead atoms. The molecule has 1 saturated carbocycles. The Labute approximate surface area is 121 Å². The van der Waals surface area contributed by atoms with Gasteiger partial charge in [0.15, 0.2) is 0 Å². The molecule has 0 aromatic rings. The number of aliphatic imine (C=N–C) groups is 1. The molecule has 0 unspecified atom stereocenters. The molecule has 4 atom stereocenters. The Morgan fingerprint density at radius 1 is 1.25 bits per heavy atom. The Morgan fingerprint density at radius 2 is 1.85 bits per heavy atom. The Kier molecular flexibility index (Phi) is 5.79. The summed E-state index contributed by atoms with van der Waals surface area (Å²) < 4.78 is 5.42. The van der Waals surface area contributed by atoms with E-state index in [-0.39, 0.29) is 5.92 Å². The monoisotopic (exact) mass is 288 g/mol. The van der Waals surface area contributed by atoms with Gasteiger partial charge in [0.25, 0.3) is 6.02 Å². The minimum Gasteiger partial charge on any atom is -0.465 e. The van der Waals surface area contributed by atoms with Gasteiger partial charge >= 0.3 is 0 Å². The summed E-state index contributed by atoms with van der Waals surface area (Å²) in [5.74, 6) is -0.348. The molecule has 0 spiro atoms. The molecule has 0 saturated heterocycles. The summed E-state index contributed by atoms with van der Waals surface area (Å²) in [6.45, 7) is 5.68. The molecule has 6 nitrogen and oxygen atoms in total. The summed E-state index contributed by atoms with van der Waals surface area (Å²) in [7, 11) is 3.64. The van der Waals surface area contributed by atoms with Crippen LogP contribution in [0.15, 0.2) is 4.99 Å². The zero-order chi connectivity index (χ0) is 15.5. The van der Waals surface area contributed by atoms with Gasteiger partial charge in [-0.2, -0.15) is 0 Å². The first-order chi connectivity index (χ1) is 9.18. The number of nitrogens with zero attached hydrogens (tertiary/aromatic N) is 2. The van der Waals surface area contributed by atoms with E-state index in [9.17, 15) is 15.3 Å². The van der Waals surface area contributed by atoms with Crippen LogP contribution in [0, 0.1) is 5.92 Å². The number of hydrogen-bond acceptors (Lipinski definition) is 5. The van der Waals surface area contributed by atoms with Crippen molar-refractivity contribution in [3.63, 3.8) is 0 Å². The average Bonchev–Trinajstić information content (AvgIpc) is 2.32. The second-order valence-corrected chi connectivity index (χ2v) is 6.13. The molecule has 20 heavy (non-hydrogen) atoms. The van der Waals surface area contributed by atoms with Crippen LogP contribution in [0.5, 0.6) is 0 Å². The summed E-state index contributed by atoms with van der Waals surface area (Å²) >= 11 is 0. The normalized spacial score (nSPS) is 32.1. The van der Waals surface area contributed by atoms with Gasteiger partial charge in [-0.1, -0.05) is 0 Å². The Balaban J connectivity index is 2.83. The van der Waals surface area contributed by atoms with Crippen LogP contribution in [0.2, 0.25) is 0 Å². The molecule has 0 aliphatic heterocycles. The molecule has 3 N–H and O–H groups in total. The first-order valence-electron chi connectivity index (χ1n) is 7.14. The molecule has 118 valence electrons. The van der Waals surface area contributed by atoms with E-state index in [1.54, 1.807) is 18.7 Å². The number of rotatable bonds is 3. The maximum atomic E-state index is 10.2. The fraction of sp³-hybridized carbons (Fsp3) is 0.929. The highest BCUT2D eigenvalue weighted by Gasteiger charge is 2.43. The minimum atomic E-state index is -1.01. The van der Waals surface area contributed by atoms with Crippen molar-refractivity contribution >= 4 is 6.02 Å². The van der Waals surface area contributed by atoms with Crippen molar-refractivity contribution in [1.29, 1.82) is 0 Å². The van der Waals surface area contributed by atoms with E-state index in [2.05, 4.69) is 4.99 Å². The third-order valence-corrected chi connectivity index (χ3v) is 3.77. The molecule has 1 aliphatic carbocycles. The van der Waals surface area contributed by atoms with E-state index in [0.717, 1.165) is 0 Å². The molecule has 0 radical (unpaired) electrons. The Hall–Kier alpha value is -0.850. The van der Waals surface area contributed by atoms with Crippen molar-refractivity contribution < 1.29 is 20.1 Å². The fourth-order valence-corrected chi connectivity index (χ4v) is 2.62. The number of hydrogen-bond donors (Lipinski definition) is 3. The third kappa shape index (κ3) is 4.07. The second kappa shape index (κ2) is 6.74. The predicted octanol–water partition coefficient (Wildman–Crippen LogP) is 0.212. The largest absolute Gasteiger partial charge is 0.465 e. The highest BCUT2D eigenvalue weighted by molar-refractivity contribution is 5.73. The maximum Gasteiger partial charge on any atom is 0.287 e. The van der Waals surface area contributed by atoms with E-state index >= 15 is 0 Å². The van der Waals surface area contributed by atoms with Crippen LogP contribution >= 0.6 is 0 Å².